The number of hydrogen-bond acceptors (Lipinski definition) is 4. The molecule has 2 aromatic rings. The lowest BCUT2D eigenvalue weighted by atomic mass is 10.1. The molecular weight excluding hydrogens is 244 g/mol. The maximum Gasteiger partial charge on any atom is 0.265 e. The average molecular weight is 255 g/mol. The molecule has 1 aromatic heterocycles. The van der Waals surface area contributed by atoms with Gasteiger partial charge in [-0.1, -0.05) is 0 Å². The van der Waals surface area contributed by atoms with Crippen LogP contribution in [-0.4, -0.2) is 4.98 Å². The van der Waals surface area contributed by atoms with Crippen LogP contribution in [-0.2, 0) is 6.54 Å². The lowest BCUT2D eigenvalue weighted by Crippen LogP contribution is -2.02. The van der Waals surface area contributed by atoms with Crippen LogP contribution in [0.25, 0.3) is 0 Å². The number of halogens is 2. The number of nitrogens with one attached hydrogen (secondary N) is 1. The van der Waals surface area contributed by atoms with Crippen LogP contribution >= 0.6 is 11.3 Å². The number of hydrogen-bond donors (Lipinski definition) is 2. The van der Waals surface area contributed by atoms with Crippen molar-refractivity contribution in [3.63, 3.8) is 0 Å². The quantitative estimate of drug-likeness (QED) is 0.824. The third kappa shape index (κ3) is 2.91. The van der Waals surface area contributed by atoms with Gasteiger partial charge in [0.2, 0.25) is 0 Å². The summed E-state index contributed by atoms with van der Waals surface area (Å²) in [6.45, 7) is 0.480. The first-order valence-electron chi connectivity index (χ1n) is 4.95. The van der Waals surface area contributed by atoms with Crippen LogP contribution in [0, 0.1) is 0 Å². The number of aromatic nitrogens is 1. The minimum Gasteiger partial charge on any atom is -0.399 e. The highest BCUT2D eigenvalue weighted by Crippen LogP contribution is 2.29. The number of thiazole rings is 1. The molecule has 6 heteroatoms. The Kier molecular flexibility index (Phi) is 3.53. The molecule has 0 bridgehead atoms. The van der Waals surface area contributed by atoms with Crippen molar-refractivity contribution < 1.29 is 8.78 Å². The van der Waals surface area contributed by atoms with Crippen LogP contribution in [0.5, 0.6) is 0 Å². The molecule has 3 N–H and O–H groups in total. The minimum atomic E-state index is -2.54. The molecule has 3 nitrogen and oxygen atoms in total. The molecule has 0 saturated heterocycles. The second-order valence-corrected chi connectivity index (χ2v) is 4.44. The largest absolute Gasteiger partial charge is 0.399 e. The summed E-state index contributed by atoms with van der Waals surface area (Å²) in [6, 6.07) is 4.46. The zero-order valence-electron chi connectivity index (χ0n) is 8.86. The molecule has 0 fully saturated rings. The second kappa shape index (κ2) is 5.09. The van der Waals surface area contributed by atoms with Crippen molar-refractivity contribution >= 4 is 22.7 Å². The highest BCUT2D eigenvalue weighted by atomic mass is 32.1. The third-order valence-electron chi connectivity index (χ3n) is 2.25. The predicted octanol–water partition coefficient (Wildman–Crippen LogP) is 3.28. The topological polar surface area (TPSA) is 50.9 Å². The molecule has 2 rings (SSSR count). The first kappa shape index (κ1) is 11.8. The Balaban J connectivity index is 2.14. The molecule has 0 aliphatic rings. The van der Waals surface area contributed by atoms with Crippen molar-refractivity contribution in [1.82, 2.24) is 4.98 Å². The van der Waals surface area contributed by atoms with Crippen LogP contribution in [0.3, 0.4) is 0 Å². The van der Waals surface area contributed by atoms with Gasteiger partial charge in [0, 0.05) is 28.0 Å². The fourth-order valence-corrected chi connectivity index (χ4v) is 1.97. The van der Waals surface area contributed by atoms with Gasteiger partial charge in [0.05, 0.1) is 12.1 Å². The highest BCUT2D eigenvalue weighted by Gasteiger charge is 2.13. The van der Waals surface area contributed by atoms with Gasteiger partial charge in [0.15, 0.2) is 0 Å². The van der Waals surface area contributed by atoms with Gasteiger partial charge in [-0.05, 0) is 18.2 Å². The summed E-state index contributed by atoms with van der Waals surface area (Å²) in [5.41, 5.74) is 7.86. The van der Waals surface area contributed by atoms with E-state index in [1.807, 2.05) is 0 Å². The predicted molar refractivity (Wildman–Crippen MR) is 65.3 cm³/mol. The number of benzene rings is 1. The van der Waals surface area contributed by atoms with E-state index in [1.165, 1.54) is 17.4 Å². The monoisotopic (exact) mass is 255 g/mol. The van der Waals surface area contributed by atoms with Crippen LogP contribution in [0.1, 0.15) is 16.9 Å². The summed E-state index contributed by atoms with van der Waals surface area (Å²) in [5.74, 6) is 0. The van der Waals surface area contributed by atoms with Crippen molar-refractivity contribution in [2.45, 2.75) is 13.0 Å². The maximum absolute atomic E-state index is 12.8. The van der Waals surface area contributed by atoms with Gasteiger partial charge < -0.3 is 11.1 Å². The Morgan fingerprint density at radius 2 is 2.24 bits per heavy atom. The van der Waals surface area contributed by atoms with Crippen LogP contribution in [0.4, 0.5) is 20.2 Å². The molecule has 90 valence electrons. The van der Waals surface area contributed by atoms with E-state index < -0.39 is 6.43 Å². The van der Waals surface area contributed by atoms with Crippen molar-refractivity contribution in [3.8, 4) is 0 Å². The summed E-state index contributed by atoms with van der Waals surface area (Å²) in [6.07, 6.45) is -0.834. The summed E-state index contributed by atoms with van der Waals surface area (Å²) in [4.78, 5) is 4.90. The lowest BCUT2D eigenvalue weighted by molar-refractivity contribution is 0.152. The minimum absolute atomic E-state index is 0.0745. The van der Waals surface area contributed by atoms with Crippen molar-refractivity contribution in [2.75, 3.05) is 11.1 Å². The van der Waals surface area contributed by atoms with E-state index in [1.54, 1.807) is 23.8 Å². The van der Waals surface area contributed by atoms with E-state index in [0.29, 0.717) is 17.9 Å². The van der Waals surface area contributed by atoms with E-state index in [4.69, 9.17) is 5.73 Å². The normalized spacial score (nSPS) is 10.8. The molecule has 0 unspecified atom stereocenters. The van der Waals surface area contributed by atoms with Crippen molar-refractivity contribution in [2.24, 2.45) is 0 Å². The molecular formula is C11H11F2N3S. The van der Waals surface area contributed by atoms with Gasteiger partial charge in [-0.15, -0.1) is 11.3 Å². The summed E-state index contributed by atoms with van der Waals surface area (Å²) >= 11 is 1.47. The van der Waals surface area contributed by atoms with Crippen molar-refractivity contribution in [1.29, 1.82) is 0 Å². The zero-order chi connectivity index (χ0) is 12.3. The van der Waals surface area contributed by atoms with Gasteiger partial charge >= 0.3 is 0 Å². The molecule has 1 heterocycles. The Hall–Kier alpha value is -1.69. The third-order valence-corrected chi connectivity index (χ3v) is 3.03. The number of alkyl halides is 2. The molecule has 0 saturated carbocycles. The Morgan fingerprint density at radius 3 is 2.88 bits per heavy atom. The van der Waals surface area contributed by atoms with E-state index in [-0.39, 0.29) is 5.56 Å². The van der Waals surface area contributed by atoms with Gasteiger partial charge in [0.25, 0.3) is 6.43 Å². The molecule has 0 aliphatic carbocycles. The lowest BCUT2D eigenvalue weighted by Gasteiger charge is -2.11. The number of nitrogens with two attached hydrogens (primary N) is 1. The Bertz CT molecular complexity index is 485. The second-order valence-electron chi connectivity index (χ2n) is 3.47. The smallest absolute Gasteiger partial charge is 0.265 e. The van der Waals surface area contributed by atoms with Crippen LogP contribution in [0.2, 0.25) is 0 Å². The van der Waals surface area contributed by atoms with Crippen LogP contribution < -0.4 is 11.1 Å². The van der Waals surface area contributed by atoms with Gasteiger partial charge in [-0.25, -0.2) is 8.78 Å². The highest BCUT2D eigenvalue weighted by molar-refractivity contribution is 7.09. The van der Waals surface area contributed by atoms with Gasteiger partial charge in [0.1, 0.15) is 0 Å². The number of anilines is 2. The molecule has 0 atom stereocenters. The number of rotatable bonds is 4. The molecule has 1 aromatic carbocycles. The van der Waals surface area contributed by atoms with E-state index in [2.05, 4.69) is 10.3 Å². The molecule has 0 aliphatic heterocycles. The Labute approximate surface area is 101 Å². The molecule has 0 spiro atoms. The standard InChI is InChI=1S/C11H11F2N3S/c12-11(13)9-3-7(14)1-2-10(9)16-5-8-4-15-6-17-8/h1-4,6,11,16H,5,14H2. The Morgan fingerprint density at radius 1 is 1.41 bits per heavy atom. The maximum atomic E-state index is 12.8. The van der Waals surface area contributed by atoms with Crippen LogP contribution in [0.15, 0.2) is 29.9 Å². The van der Waals surface area contributed by atoms with Crippen molar-refractivity contribution in [3.05, 3.63) is 40.3 Å². The first-order valence-corrected chi connectivity index (χ1v) is 5.83. The summed E-state index contributed by atoms with van der Waals surface area (Å²) in [7, 11) is 0. The molecule has 0 radical (unpaired) electrons. The van der Waals surface area contributed by atoms with E-state index in [0.717, 1.165) is 4.88 Å². The number of nitrogens with zero attached hydrogens (tertiary/aromatic N) is 1. The molecule has 0 amide bonds. The molecule has 17 heavy (non-hydrogen) atoms. The fraction of sp³-hybridized carbons (Fsp3) is 0.182. The van der Waals surface area contributed by atoms with Gasteiger partial charge in [-0.2, -0.15) is 0 Å². The fourth-order valence-electron chi connectivity index (χ4n) is 1.43. The van der Waals surface area contributed by atoms with E-state index >= 15 is 0 Å². The first-order chi connectivity index (χ1) is 8.16. The summed E-state index contributed by atoms with van der Waals surface area (Å²) < 4.78 is 25.5. The SMILES string of the molecule is Nc1ccc(NCc2cncs2)c(C(F)F)c1. The number of nitrogen functional groups attached to an aromatic ring is 1. The summed E-state index contributed by atoms with van der Waals surface area (Å²) in [5, 5.41) is 2.96. The van der Waals surface area contributed by atoms with Gasteiger partial charge in [-0.3, -0.25) is 4.98 Å². The average Bonchev–Trinajstić information content (AvgIpc) is 2.80. The van der Waals surface area contributed by atoms with E-state index in [9.17, 15) is 8.78 Å². The zero-order valence-corrected chi connectivity index (χ0v) is 9.68.